The molecule has 0 saturated heterocycles. The highest BCUT2D eigenvalue weighted by Gasteiger charge is 2.64. The monoisotopic (exact) mass is 510 g/mol. The van der Waals surface area contributed by atoms with Crippen molar-refractivity contribution in [3.8, 4) is 0 Å². The highest BCUT2D eigenvalue weighted by Crippen LogP contribution is 2.48. The molecular formula is C23H24F2O5S2Si. The van der Waals surface area contributed by atoms with E-state index in [0.29, 0.717) is 0 Å². The zero-order valence-corrected chi connectivity index (χ0v) is 20.9. The van der Waals surface area contributed by atoms with Gasteiger partial charge in [-0.15, -0.1) is 0 Å². The largest absolute Gasteiger partial charge is 0.405 e. The van der Waals surface area contributed by atoms with E-state index in [0.717, 1.165) is 48.5 Å². The zero-order valence-electron chi connectivity index (χ0n) is 18.3. The average Bonchev–Trinajstić information content (AvgIpc) is 2.78. The maximum atomic E-state index is 17.3. The number of benzene rings is 3. The van der Waals surface area contributed by atoms with Crippen molar-refractivity contribution in [1.82, 2.24) is 0 Å². The van der Waals surface area contributed by atoms with E-state index in [1.165, 1.54) is 36.4 Å². The number of hydrogen-bond donors (Lipinski definition) is 0. The average molecular weight is 511 g/mol. The molecule has 176 valence electrons. The number of sulfone groups is 2. The van der Waals surface area contributed by atoms with Gasteiger partial charge in [-0.3, -0.25) is 0 Å². The van der Waals surface area contributed by atoms with E-state index in [-0.39, 0.29) is 5.56 Å². The van der Waals surface area contributed by atoms with Gasteiger partial charge >= 0.3 is 4.33 Å². The molecule has 0 amide bonds. The van der Waals surface area contributed by atoms with Gasteiger partial charge in [-0.1, -0.05) is 48.5 Å². The third kappa shape index (κ3) is 4.79. The molecule has 0 fully saturated rings. The molecule has 0 N–H and O–H groups in total. The molecule has 33 heavy (non-hydrogen) atoms. The third-order valence-electron chi connectivity index (χ3n) is 4.80. The molecule has 3 aromatic rings. The van der Waals surface area contributed by atoms with Crippen molar-refractivity contribution in [2.24, 2.45) is 0 Å². The summed E-state index contributed by atoms with van der Waals surface area (Å²) in [5.41, 5.74) is -0.111. The molecule has 0 heterocycles. The van der Waals surface area contributed by atoms with Crippen LogP contribution in [0.2, 0.25) is 19.6 Å². The summed E-state index contributed by atoms with van der Waals surface area (Å²) in [6.07, 6.45) is -2.07. The maximum absolute atomic E-state index is 17.3. The quantitative estimate of drug-likeness (QED) is 0.385. The van der Waals surface area contributed by atoms with Gasteiger partial charge in [-0.2, -0.15) is 0 Å². The van der Waals surface area contributed by atoms with Gasteiger partial charge in [0.15, 0.2) is 8.32 Å². The molecule has 0 radical (unpaired) electrons. The van der Waals surface area contributed by atoms with Crippen LogP contribution in [0.1, 0.15) is 11.7 Å². The second kappa shape index (κ2) is 9.09. The number of hydrogen-bond acceptors (Lipinski definition) is 5. The summed E-state index contributed by atoms with van der Waals surface area (Å²) in [6.45, 7) is 5.02. The van der Waals surface area contributed by atoms with E-state index in [1.807, 2.05) is 0 Å². The first-order chi connectivity index (χ1) is 15.3. The van der Waals surface area contributed by atoms with Crippen LogP contribution in [0.25, 0.3) is 0 Å². The first kappa shape index (κ1) is 25.2. The number of alkyl halides is 1. The fourth-order valence-corrected chi connectivity index (χ4v) is 8.79. The Hall–Kier alpha value is -2.40. The molecule has 0 bridgehead atoms. The predicted molar refractivity (Wildman–Crippen MR) is 125 cm³/mol. The van der Waals surface area contributed by atoms with Gasteiger partial charge in [0.1, 0.15) is 11.9 Å². The fraction of sp³-hybridized carbons (Fsp3) is 0.217. The summed E-state index contributed by atoms with van der Waals surface area (Å²) >= 11 is 0. The van der Waals surface area contributed by atoms with Crippen molar-refractivity contribution >= 4 is 28.0 Å². The minimum atomic E-state index is -5.19. The Morgan fingerprint density at radius 3 is 1.48 bits per heavy atom. The Kier molecular flexibility index (Phi) is 6.95. The Balaban J connectivity index is 2.41. The highest BCUT2D eigenvalue weighted by atomic mass is 32.3. The smallest absolute Gasteiger partial charge is 0.345 e. The summed E-state index contributed by atoms with van der Waals surface area (Å²) < 4.78 is 87.9. The van der Waals surface area contributed by atoms with Crippen LogP contribution in [0.15, 0.2) is 94.7 Å². The lowest BCUT2D eigenvalue weighted by Gasteiger charge is -2.36. The second-order valence-electron chi connectivity index (χ2n) is 8.38. The van der Waals surface area contributed by atoms with E-state index in [1.54, 1.807) is 19.6 Å². The van der Waals surface area contributed by atoms with Crippen LogP contribution >= 0.6 is 0 Å². The lowest BCUT2D eigenvalue weighted by molar-refractivity contribution is 0.110. The predicted octanol–water partition coefficient (Wildman–Crippen LogP) is 5.29. The molecular weight excluding hydrogens is 486 g/mol. The fourth-order valence-electron chi connectivity index (χ4n) is 3.28. The molecule has 5 nitrogen and oxygen atoms in total. The first-order valence-electron chi connectivity index (χ1n) is 10.0. The summed E-state index contributed by atoms with van der Waals surface area (Å²) in [4.78, 5) is -1.03. The standard InChI is InChI=1S/C23H24F2O5S2Si/c1-33(2,3)30-22(18-14-16-19(24)17-15-18)23(25,31(26,27)20-10-6-4-7-11-20)32(28,29)21-12-8-5-9-13-21/h4-17,22H,1-3H3. The van der Waals surface area contributed by atoms with Crippen LogP contribution in [-0.4, -0.2) is 29.5 Å². The molecule has 10 heteroatoms. The van der Waals surface area contributed by atoms with Gasteiger partial charge in [-0.25, -0.2) is 25.6 Å². The highest BCUT2D eigenvalue weighted by molar-refractivity contribution is 8.10. The van der Waals surface area contributed by atoms with Gasteiger partial charge in [0.05, 0.1) is 9.79 Å². The van der Waals surface area contributed by atoms with Crippen LogP contribution in [0.4, 0.5) is 8.78 Å². The van der Waals surface area contributed by atoms with Crippen LogP contribution < -0.4 is 0 Å². The number of rotatable bonds is 8. The third-order valence-corrected chi connectivity index (χ3v) is 10.7. The summed E-state index contributed by atoms with van der Waals surface area (Å²) in [5, 5.41) is 0. The van der Waals surface area contributed by atoms with Crippen molar-refractivity contribution in [2.45, 2.75) is 39.9 Å². The Morgan fingerprint density at radius 1 is 0.727 bits per heavy atom. The molecule has 0 aliphatic heterocycles. The van der Waals surface area contributed by atoms with Crippen LogP contribution in [0, 0.1) is 5.82 Å². The second-order valence-corrected chi connectivity index (χ2v) is 17.2. The van der Waals surface area contributed by atoms with Crippen LogP contribution in [0.5, 0.6) is 0 Å². The van der Waals surface area contributed by atoms with Gasteiger partial charge < -0.3 is 4.43 Å². The molecule has 0 aliphatic carbocycles. The van der Waals surface area contributed by atoms with Crippen molar-refractivity contribution in [1.29, 1.82) is 0 Å². The molecule has 0 aliphatic rings. The van der Waals surface area contributed by atoms with Gasteiger partial charge in [-0.05, 0) is 61.6 Å². The molecule has 1 atom stereocenters. The van der Waals surface area contributed by atoms with E-state index in [4.69, 9.17) is 4.43 Å². The minimum absolute atomic E-state index is 0.111. The topological polar surface area (TPSA) is 77.5 Å². The van der Waals surface area contributed by atoms with Crippen molar-refractivity contribution in [3.05, 3.63) is 96.3 Å². The Bertz CT molecular complexity index is 1240. The summed E-state index contributed by atoms with van der Waals surface area (Å²) in [5.74, 6) is -0.646. The molecule has 1 unspecified atom stereocenters. The van der Waals surface area contributed by atoms with Crippen LogP contribution in [-0.2, 0) is 24.1 Å². The number of halogens is 2. The van der Waals surface area contributed by atoms with E-state index in [9.17, 15) is 21.2 Å². The maximum Gasteiger partial charge on any atom is 0.345 e. The van der Waals surface area contributed by atoms with E-state index < -0.39 is 54.0 Å². The lowest BCUT2D eigenvalue weighted by atomic mass is 10.1. The SMILES string of the molecule is C[Si](C)(C)OC(c1ccc(F)cc1)C(F)(S(=O)(=O)c1ccccc1)S(=O)(=O)c1ccccc1. The normalized spacial score (nSPS) is 14.1. The zero-order chi connectivity index (χ0) is 24.5. The van der Waals surface area contributed by atoms with E-state index in [2.05, 4.69) is 0 Å². The first-order valence-corrected chi connectivity index (χ1v) is 16.4. The molecule has 3 rings (SSSR count). The van der Waals surface area contributed by atoms with E-state index >= 15 is 4.39 Å². The van der Waals surface area contributed by atoms with Crippen LogP contribution in [0.3, 0.4) is 0 Å². The Labute approximate surface area is 194 Å². The molecule has 0 aromatic heterocycles. The summed E-state index contributed by atoms with van der Waals surface area (Å²) in [7, 11) is -13.1. The van der Waals surface area contributed by atoms with Gasteiger partial charge in [0.25, 0.3) is 0 Å². The van der Waals surface area contributed by atoms with Gasteiger partial charge in [0.2, 0.25) is 19.7 Å². The molecule has 0 saturated carbocycles. The van der Waals surface area contributed by atoms with Crippen molar-refractivity contribution in [2.75, 3.05) is 0 Å². The molecule has 0 spiro atoms. The molecule has 3 aromatic carbocycles. The minimum Gasteiger partial charge on any atom is -0.405 e. The van der Waals surface area contributed by atoms with Crippen molar-refractivity contribution < 1.29 is 30.0 Å². The summed E-state index contributed by atoms with van der Waals surface area (Å²) in [6, 6.07) is 17.3. The van der Waals surface area contributed by atoms with Gasteiger partial charge in [0, 0.05) is 0 Å². The lowest BCUT2D eigenvalue weighted by Crippen LogP contribution is -2.50. The Morgan fingerprint density at radius 2 is 1.12 bits per heavy atom. The van der Waals surface area contributed by atoms with Crippen molar-refractivity contribution in [3.63, 3.8) is 0 Å².